The summed E-state index contributed by atoms with van der Waals surface area (Å²) in [7, 11) is 0. The summed E-state index contributed by atoms with van der Waals surface area (Å²) in [5.41, 5.74) is 3.57. The number of pyridine rings is 1. The molecule has 3 aromatic rings. The molecule has 0 unspecified atom stereocenters. The molecule has 146 valence electrons. The lowest BCUT2D eigenvalue weighted by Gasteiger charge is -2.32. The number of nitrogens with zero attached hydrogens (tertiary/aromatic N) is 4. The first-order valence-corrected chi connectivity index (χ1v) is 10.5. The van der Waals surface area contributed by atoms with Crippen molar-refractivity contribution in [1.82, 2.24) is 19.5 Å². The summed E-state index contributed by atoms with van der Waals surface area (Å²) in [6, 6.07) is 12.7. The molecule has 1 aliphatic carbocycles. The summed E-state index contributed by atoms with van der Waals surface area (Å²) in [5.74, 6) is 1.91. The molecule has 1 aromatic carbocycles. The van der Waals surface area contributed by atoms with Crippen LogP contribution in [-0.4, -0.2) is 32.6 Å². The van der Waals surface area contributed by atoms with Crippen molar-refractivity contribution in [3.63, 3.8) is 0 Å². The van der Waals surface area contributed by atoms with Crippen LogP contribution in [-0.2, 0) is 12.0 Å². The van der Waals surface area contributed by atoms with Gasteiger partial charge in [-0.2, -0.15) is 0 Å². The highest BCUT2D eigenvalue weighted by Crippen LogP contribution is 2.38. The number of likely N-dealkylation sites (tertiary alicyclic amines) is 1. The third-order valence-corrected chi connectivity index (χ3v) is 6.62. The summed E-state index contributed by atoms with van der Waals surface area (Å²) in [6.45, 7) is 6.67. The molecular weight excluding hydrogens is 348 g/mol. The monoisotopic (exact) mass is 376 g/mol. The van der Waals surface area contributed by atoms with Gasteiger partial charge in [0.15, 0.2) is 11.5 Å². The zero-order valence-electron chi connectivity index (χ0n) is 16.8. The lowest BCUT2D eigenvalue weighted by molar-refractivity contribution is 0.153. The summed E-state index contributed by atoms with van der Waals surface area (Å²) in [4.78, 5) is 2.51. The summed E-state index contributed by atoms with van der Waals surface area (Å²) < 4.78 is 8.61. The molecule has 5 nitrogen and oxygen atoms in total. The molecule has 28 heavy (non-hydrogen) atoms. The third-order valence-electron chi connectivity index (χ3n) is 6.62. The molecule has 1 aliphatic heterocycles. The molecule has 2 atom stereocenters. The van der Waals surface area contributed by atoms with Crippen molar-refractivity contribution in [2.75, 3.05) is 13.1 Å². The molecule has 0 spiro atoms. The lowest BCUT2D eigenvalue weighted by atomic mass is 9.89. The van der Waals surface area contributed by atoms with E-state index >= 15 is 0 Å². The van der Waals surface area contributed by atoms with E-state index in [0.29, 0.717) is 0 Å². The standard InChI is InChI=1S/C23H28N4O/c1-3-26-15-7-14-23(26,2)22-25-24-21-13-12-18(16-27(21)22)28-20-11-6-9-17-8-4-5-10-19(17)20/h4-5,8,10,12-13,16,20H,3,6-7,9,11,14-15H2,1-2H3/t20-,23+/m1/s1. The number of rotatable bonds is 4. The lowest BCUT2D eigenvalue weighted by Crippen LogP contribution is -2.40. The maximum absolute atomic E-state index is 6.47. The van der Waals surface area contributed by atoms with Crippen molar-refractivity contribution in [2.24, 2.45) is 0 Å². The van der Waals surface area contributed by atoms with E-state index in [1.807, 2.05) is 12.1 Å². The molecule has 5 heteroatoms. The average molecular weight is 377 g/mol. The molecule has 3 heterocycles. The molecule has 0 radical (unpaired) electrons. The Morgan fingerprint density at radius 3 is 2.93 bits per heavy atom. The Balaban J connectivity index is 1.49. The Kier molecular flexibility index (Phi) is 4.35. The van der Waals surface area contributed by atoms with Gasteiger partial charge in [0.25, 0.3) is 0 Å². The van der Waals surface area contributed by atoms with Gasteiger partial charge in [-0.05, 0) is 75.4 Å². The van der Waals surface area contributed by atoms with Gasteiger partial charge in [0.05, 0.1) is 11.7 Å². The van der Waals surface area contributed by atoms with E-state index in [4.69, 9.17) is 4.74 Å². The maximum atomic E-state index is 6.47. The predicted molar refractivity (Wildman–Crippen MR) is 110 cm³/mol. The van der Waals surface area contributed by atoms with Crippen LogP contribution >= 0.6 is 0 Å². The largest absolute Gasteiger partial charge is 0.484 e. The smallest absolute Gasteiger partial charge is 0.161 e. The number of aromatic nitrogens is 3. The van der Waals surface area contributed by atoms with Gasteiger partial charge < -0.3 is 4.74 Å². The number of aryl methyl sites for hydroxylation is 1. The molecular formula is C23H28N4O. The number of hydrogen-bond acceptors (Lipinski definition) is 4. The molecule has 0 saturated carbocycles. The Hall–Kier alpha value is -2.40. The van der Waals surface area contributed by atoms with Crippen molar-refractivity contribution in [1.29, 1.82) is 0 Å². The van der Waals surface area contributed by atoms with Crippen LogP contribution in [0.15, 0.2) is 42.6 Å². The van der Waals surface area contributed by atoms with E-state index in [-0.39, 0.29) is 11.6 Å². The van der Waals surface area contributed by atoms with Crippen molar-refractivity contribution < 1.29 is 4.74 Å². The number of fused-ring (bicyclic) bond motifs is 2. The summed E-state index contributed by atoms with van der Waals surface area (Å²) in [6.07, 6.45) is 7.90. The van der Waals surface area contributed by atoms with Gasteiger partial charge in [0.2, 0.25) is 0 Å². The van der Waals surface area contributed by atoms with Crippen molar-refractivity contribution >= 4 is 5.65 Å². The van der Waals surface area contributed by atoms with Crippen molar-refractivity contribution in [3.05, 3.63) is 59.5 Å². The Bertz CT molecular complexity index is 997. The molecule has 0 bridgehead atoms. The van der Waals surface area contributed by atoms with Gasteiger partial charge in [-0.25, -0.2) is 0 Å². The van der Waals surface area contributed by atoms with Gasteiger partial charge in [-0.3, -0.25) is 9.30 Å². The first kappa shape index (κ1) is 17.7. The second-order valence-electron chi connectivity index (χ2n) is 8.27. The molecule has 0 N–H and O–H groups in total. The van der Waals surface area contributed by atoms with Gasteiger partial charge in [-0.15, -0.1) is 10.2 Å². The van der Waals surface area contributed by atoms with Gasteiger partial charge in [-0.1, -0.05) is 31.2 Å². The van der Waals surface area contributed by atoms with Crippen LogP contribution in [0.25, 0.3) is 5.65 Å². The minimum atomic E-state index is -0.0652. The molecule has 5 rings (SSSR count). The first-order valence-electron chi connectivity index (χ1n) is 10.5. The van der Waals surface area contributed by atoms with Crippen LogP contribution in [0.3, 0.4) is 0 Å². The van der Waals surface area contributed by atoms with E-state index in [2.05, 4.69) is 63.8 Å². The molecule has 2 aromatic heterocycles. The number of hydrogen-bond donors (Lipinski definition) is 0. The van der Waals surface area contributed by atoms with Gasteiger partial charge in [0, 0.05) is 0 Å². The maximum Gasteiger partial charge on any atom is 0.161 e. The van der Waals surface area contributed by atoms with Gasteiger partial charge in [0.1, 0.15) is 11.9 Å². The normalized spacial score (nSPS) is 25.1. The average Bonchev–Trinajstić information content (AvgIpc) is 3.32. The van der Waals surface area contributed by atoms with Crippen LogP contribution in [0.5, 0.6) is 5.75 Å². The second kappa shape index (κ2) is 6.89. The highest BCUT2D eigenvalue weighted by atomic mass is 16.5. The fraction of sp³-hybridized carbons (Fsp3) is 0.478. The highest BCUT2D eigenvalue weighted by molar-refractivity contribution is 5.43. The molecule has 1 fully saturated rings. The topological polar surface area (TPSA) is 42.7 Å². The Morgan fingerprint density at radius 1 is 1.14 bits per heavy atom. The van der Waals surface area contributed by atoms with E-state index in [9.17, 15) is 0 Å². The molecule has 1 saturated heterocycles. The van der Waals surface area contributed by atoms with E-state index in [0.717, 1.165) is 49.6 Å². The quantitative estimate of drug-likeness (QED) is 0.672. The minimum absolute atomic E-state index is 0.0652. The van der Waals surface area contributed by atoms with Crippen molar-refractivity contribution in [3.8, 4) is 5.75 Å². The number of benzene rings is 1. The van der Waals surface area contributed by atoms with Crippen LogP contribution in [0.2, 0.25) is 0 Å². The van der Waals surface area contributed by atoms with Gasteiger partial charge >= 0.3 is 0 Å². The van der Waals surface area contributed by atoms with E-state index in [1.54, 1.807) is 0 Å². The SMILES string of the molecule is CCN1CCC[C@@]1(C)c1nnc2ccc(O[C@@H]3CCCc4ccccc43)cn12. The van der Waals surface area contributed by atoms with E-state index in [1.165, 1.54) is 24.0 Å². The van der Waals surface area contributed by atoms with Crippen LogP contribution in [0, 0.1) is 0 Å². The summed E-state index contributed by atoms with van der Waals surface area (Å²) in [5, 5.41) is 9.02. The molecule has 2 aliphatic rings. The first-order chi connectivity index (χ1) is 13.7. The predicted octanol–water partition coefficient (Wildman–Crippen LogP) is 4.52. The fourth-order valence-electron chi connectivity index (χ4n) is 5.08. The van der Waals surface area contributed by atoms with E-state index < -0.39 is 0 Å². The highest BCUT2D eigenvalue weighted by Gasteiger charge is 2.41. The minimum Gasteiger partial charge on any atom is -0.484 e. The van der Waals surface area contributed by atoms with Crippen molar-refractivity contribution in [2.45, 2.75) is 57.6 Å². The molecule has 0 amide bonds. The zero-order valence-corrected chi connectivity index (χ0v) is 16.8. The third kappa shape index (κ3) is 2.80. The second-order valence-corrected chi connectivity index (χ2v) is 8.27. The van der Waals surface area contributed by atoms with Crippen LogP contribution in [0.1, 0.15) is 62.6 Å². The zero-order chi connectivity index (χ0) is 19.1. The Morgan fingerprint density at radius 2 is 2.04 bits per heavy atom. The summed E-state index contributed by atoms with van der Waals surface area (Å²) >= 11 is 0. The van der Waals surface area contributed by atoms with Crippen LogP contribution in [0.4, 0.5) is 0 Å². The Labute approximate surface area is 166 Å². The number of ether oxygens (including phenoxy) is 1. The fourth-order valence-corrected chi connectivity index (χ4v) is 5.08. The van der Waals surface area contributed by atoms with Crippen LogP contribution < -0.4 is 4.74 Å².